The van der Waals surface area contributed by atoms with Gasteiger partial charge in [-0.05, 0) is 97.7 Å². The third-order valence-corrected chi connectivity index (χ3v) is 11.0. The molecule has 7 heteroatoms. The summed E-state index contributed by atoms with van der Waals surface area (Å²) >= 11 is 0. The van der Waals surface area contributed by atoms with Crippen molar-refractivity contribution in [3.63, 3.8) is 0 Å². The molecule has 0 radical (unpaired) electrons. The maximum atomic E-state index is 12.6. The number of esters is 2. The Morgan fingerprint density at radius 3 is 1.33 bits per heavy atom. The van der Waals surface area contributed by atoms with Crippen LogP contribution in [0.2, 0.25) is 0 Å². The van der Waals surface area contributed by atoms with Gasteiger partial charge in [-0.2, -0.15) is 0 Å². The molecule has 0 rings (SSSR count). The minimum Gasteiger partial charge on any atom is -0.462 e. The number of rotatable bonds is 47. The number of carbonyl (C=O) groups excluding carboxylic acids is 2. The zero-order valence-corrected chi connectivity index (χ0v) is 38.6. The van der Waals surface area contributed by atoms with E-state index in [9.17, 15) is 9.59 Å². The SMILES string of the molecule is CCCCCC/C=C\COC(=O)CCCCCCCCCC(CCCCCCCCCCOCCCCCCCOCCCCCCC)OC(=O)CCCN(C)C. The molecule has 0 fully saturated rings. The topological polar surface area (TPSA) is 74.3 Å². The Bertz CT molecular complexity index is 849. The molecule has 0 N–H and O–H groups in total. The lowest BCUT2D eigenvalue weighted by molar-refractivity contribution is -0.150. The van der Waals surface area contributed by atoms with E-state index in [-0.39, 0.29) is 18.0 Å². The monoisotopic (exact) mass is 808 g/mol. The Morgan fingerprint density at radius 2 is 0.860 bits per heavy atom. The fourth-order valence-electron chi connectivity index (χ4n) is 7.25. The average molecular weight is 808 g/mol. The third kappa shape index (κ3) is 47.1. The molecule has 0 amide bonds. The van der Waals surface area contributed by atoms with Crippen molar-refractivity contribution in [3.05, 3.63) is 12.2 Å². The van der Waals surface area contributed by atoms with E-state index in [4.69, 9.17) is 18.9 Å². The lowest BCUT2D eigenvalue weighted by Gasteiger charge is -2.18. The molecule has 57 heavy (non-hydrogen) atoms. The van der Waals surface area contributed by atoms with E-state index in [2.05, 4.69) is 24.8 Å². The van der Waals surface area contributed by atoms with Crippen LogP contribution in [-0.4, -0.2) is 76.6 Å². The van der Waals surface area contributed by atoms with Gasteiger partial charge in [0, 0.05) is 39.3 Å². The second-order valence-corrected chi connectivity index (χ2v) is 17.1. The molecule has 0 saturated heterocycles. The Balaban J connectivity index is 3.83. The molecule has 0 heterocycles. The summed E-state index contributed by atoms with van der Waals surface area (Å²) in [5.41, 5.74) is 0. The van der Waals surface area contributed by atoms with Gasteiger partial charge >= 0.3 is 11.9 Å². The normalized spacial score (nSPS) is 12.2. The molecule has 0 saturated carbocycles. The predicted octanol–water partition coefficient (Wildman–Crippen LogP) is 14.3. The van der Waals surface area contributed by atoms with E-state index in [0.717, 1.165) is 84.3 Å². The third-order valence-electron chi connectivity index (χ3n) is 11.0. The fourth-order valence-corrected chi connectivity index (χ4v) is 7.25. The predicted molar refractivity (Wildman–Crippen MR) is 243 cm³/mol. The molecule has 7 nitrogen and oxygen atoms in total. The van der Waals surface area contributed by atoms with Gasteiger partial charge in [0.15, 0.2) is 0 Å². The molecule has 0 aromatic heterocycles. The van der Waals surface area contributed by atoms with Gasteiger partial charge in [0.05, 0.1) is 0 Å². The van der Waals surface area contributed by atoms with Crippen LogP contribution in [0.4, 0.5) is 0 Å². The van der Waals surface area contributed by atoms with Crippen LogP contribution in [0, 0.1) is 0 Å². The highest BCUT2D eigenvalue weighted by Crippen LogP contribution is 2.19. The molecule has 0 spiro atoms. The first-order valence-corrected chi connectivity index (χ1v) is 24.8. The largest absolute Gasteiger partial charge is 0.462 e. The van der Waals surface area contributed by atoms with Gasteiger partial charge < -0.3 is 23.8 Å². The van der Waals surface area contributed by atoms with Crippen molar-refractivity contribution in [1.82, 2.24) is 4.90 Å². The van der Waals surface area contributed by atoms with E-state index in [1.807, 2.05) is 20.2 Å². The first-order valence-electron chi connectivity index (χ1n) is 24.8. The van der Waals surface area contributed by atoms with Crippen LogP contribution in [0.1, 0.15) is 239 Å². The molecule has 1 unspecified atom stereocenters. The highest BCUT2D eigenvalue weighted by molar-refractivity contribution is 5.69. The Morgan fingerprint density at radius 1 is 0.456 bits per heavy atom. The number of hydrogen-bond acceptors (Lipinski definition) is 7. The smallest absolute Gasteiger partial charge is 0.306 e. The second-order valence-electron chi connectivity index (χ2n) is 17.1. The van der Waals surface area contributed by atoms with E-state index < -0.39 is 0 Å². The fraction of sp³-hybridized carbons (Fsp3) is 0.920. The summed E-state index contributed by atoms with van der Waals surface area (Å²) in [4.78, 5) is 26.7. The van der Waals surface area contributed by atoms with Gasteiger partial charge in [-0.1, -0.05) is 161 Å². The van der Waals surface area contributed by atoms with Gasteiger partial charge in [0.2, 0.25) is 0 Å². The number of unbranched alkanes of at least 4 members (excludes halogenated alkanes) is 25. The zero-order valence-electron chi connectivity index (χ0n) is 38.6. The molecule has 0 aliphatic carbocycles. The van der Waals surface area contributed by atoms with E-state index in [1.54, 1.807) is 0 Å². The zero-order chi connectivity index (χ0) is 41.5. The summed E-state index contributed by atoms with van der Waals surface area (Å²) in [5.74, 6) is -0.0976. The van der Waals surface area contributed by atoms with Gasteiger partial charge in [-0.15, -0.1) is 0 Å². The highest BCUT2D eigenvalue weighted by atomic mass is 16.5. The molecule has 0 aliphatic rings. The average Bonchev–Trinajstić information content (AvgIpc) is 3.19. The molecular formula is C50H97NO6. The van der Waals surface area contributed by atoms with Crippen molar-refractivity contribution in [3.8, 4) is 0 Å². The Labute approximate surface area is 354 Å². The van der Waals surface area contributed by atoms with Gasteiger partial charge in [-0.25, -0.2) is 0 Å². The first kappa shape index (κ1) is 55.6. The van der Waals surface area contributed by atoms with Crippen LogP contribution in [0.5, 0.6) is 0 Å². The van der Waals surface area contributed by atoms with Gasteiger partial charge in [0.25, 0.3) is 0 Å². The summed E-state index contributed by atoms with van der Waals surface area (Å²) < 4.78 is 23.0. The van der Waals surface area contributed by atoms with E-state index >= 15 is 0 Å². The van der Waals surface area contributed by atoms with Crippen molar-refractivity contribution in [2.24, 2.45) is 0 Å². The molecular weight excluding hydrogens is 711 g/mol. The molecule has 0 aromatic carbocycles. The van der Waals surface area contributed by atoms with Gasteiger partial charge in [0.1, 0.15) is 12.7 Å². The highest BCUT2D eigenvalue weighted by Gasteiger charge is 2.14. The Hall–Kier alpha value is -1.44. The quantitative estimate of drug-likeness (QED) is 0.0344. The minimum absolute atomic E-state index is 0.0253. The number of ether oxygens (including phenoxy) is 4. The molecule has 338 valence electrons. The second kappa shape index (κ2) is 47.2. The molecule has 1 atom stereocenters. The molecule has 0 aliphatic heterocycles. The van der Waals surface area contributed by atoms with Crippen LogP contribution in [0.25, 0.3) is 0 Å². The minimum atomic E-state index is -0.0723. The van der Waals surface area contributed by atoms with Crippen LogP contribution in [0.3, 0.4) is 0 Å². The van der Waals surface area contributed by atoms with Crippen molar-refractivity contribution < 1.29 is 28.5 Å². The van der Waals surface area contributed by atoms with Crippen molar-refractivity contribution in [1.29, 1.82) is 0 Å². The summed E-state index contributed by atoms with van der Waals surface area (Å²) in [6.45, 7) is 9.52. The standard InChI is InChI=1S/C50H97NO6/c1-5-7-9-11-18-28-36-47-56-49(52)40-31-23-17-14-16-22-30-39-48(57-50(53)41-37-42-51(3)4)38-29-21-15-12-13-19-25-33-44-55-46-35-27-20-26-34-45-54-43-32-24-10-8-6-2/h28,36,48H,5-27,29-35,37-47H2,1-4H3/b36-28-. The van der Waals surface area contributed by atoms with Crippen molar-refractivity contribution in [2.45, 2.75) is 245 Å². The summed E-state index contributed by atoms with van der Waals surface area (Å²) in [6, 6.07) is 0. The number of allylic oxidation sites excluding steroid dienone is 1. The van der Waals surface area contributed by atoms with Crippen LogP contribution in [-0.2, 0) is 28.5 Å². The number of hydrogen-bond donors (Lipinski definition) is 0. The maximum absolute atomic E-state index is 12.6. The molecule has 0 aromatic rings. The summed E-state index contributed by atoms with van der Waals surface area (Å²) in [5, 5.41) is 0. The Kier molecular flexibility index (Phi) is 46.0. The number of nitrogens with zero attached hydrogens (tertiary/aromatic N) is 1. The lowest BCUT2D eigenvalue weighted by atomic mass is 10.0. The lowest BCUT2D eigenvalue weighted by Crippen LogP contribution is -2.20. The van der Waals surface area contributed by atoms with Crippen LogP contribution < -0.4 is 0 Å². The maximum Gasteiger partial charge on any atom is 0.306 e. The molecule has 0 bridgehead atoms. The van der Waals surface area contributed by atoms with E-state index in [1.165, 1.54) is 161 Å². The van der Waals surface area contributed by atoms with E-state index in [0.29, 0.717) is 19.4 Å². The summed E-state index contributed by atoms with van der Waals surface area (Å²) in [6.07, 6.45) is 44.9. The van der Waals surface area contributed by atoms with Gasteiger partial charge in [-0.3, -0.25) is 9.59 Å². The summed E-state index contributed by atoms with van der Waals surface area (Å²) in [7, 11) is 4.10. The van der Waals surface area contributed by atoms with Crippen LogP contribution >= 0.6 is 0 Å². The van der Waals surface area contributed by atoms with Crippen LogP contribution in [0.15, 0.2) is 12.2 Å². The first-order chi connectivity index (χ1) is 28.0. The van der Waals surface area contributed by atoms with Crippen molar-refractivity contribution >= 4 is 11.9 Å². The van der Waals surface area contributed by atoms with Crippen molar-refractivity contribution in [2.75, 3.05) is 53.7 Å². The number of carbonyl (C=O) groups is 2.